The largest absolute Gasteiger partial charge is 0.365 e. The average Bonchev–Trinajstić information content (AvgIpc) is 2.95. The van der Waals surface area contributed by atoms with E-state index in [0.29, 0.717) is 11.6 Å². The Hall–Kier alpha value is -1.02. The second-order valence-electron chi connectivity index (χ2n) is 6.58. The van der Waals surface area contributed by atoms with Crippen molar-refractivity contribution in [2.75, 3.05) is 18.0 Å². The van der Waals surface area contributed by atoms with Crippen LogP contribution in [0.15, 0.2) is 24.3 Å². The number of nitrogens with zero attached hydrogens (tertiary/aromatic N) is 1. The maximum Gasteiger partial charge on any atom is 0.0412 e. The summed E-state index contributed by atoms with van der Waals surface area (Å²) >= 11 is 0. The Morgan fingerprint density at radius 3 is 2.45 bits per heavy atom. The van der Waals surface area contributed by atoms with E-state index in [1.807, 2.05) is 0 Å². The van der Waals surface area contributed by atoms with Crippen molar-refractivity contribution in [3.63, 3.8) is 0 Å². The molecule has 2 heteroatoms. The molecule has 2 nitrogen and oxygen atoms in total. The third kappa shape index (κ3) is 2.58. The molecular formula is C18H28N2. The molecule has 0 amide bonds. The van der Waals surface area contributed by atoms with Crippen molar-refractivity contribution in [1.29, 1.82) is 0 Å². The molecular weight excluding hydrogens is 244 g/mol. The Bertz CT molecular complexity index is 431. The van der Waals surface area contributed by atoms with Gasteiger partial charge in [-0.3, -0.25) is 0 Å². The summed E-state index contributed by atoms with van der Waals surface area (Å²) in [5.41, 5.74) is 3.25. The van der Waals surface area contributed by atoms with Crippen LogP contribution in [0.5, 0.6) is 0 Å². The first-order valence-corrected chi connectivity index (χ1v) is 8.37. The number of piperazine rings is 1. The molecule has 1 heterocycles. The lowest BCUT2D eigenvalue weighted by Crippen LogP contribution is -2.63. The molecule has 0 aromatic heterocycles. The molecule has 110 valence electrons. The van der Waals surface area contributed by atoms with Gasteiger partial charge in [0.2, 0.25) is 0 Å². The average molecular weight is 272 g/mol. The molecule has 2 fully saturated rings. The van der Waals surface area contributed by atoms with Crippen molar-refractivity contribution in [3.05, 3.63) is 29.8 Å². The van der Waals surface area contributed by atoms with Crippen LogP contribution in [0.2, 0.25) is 0 Å². The van der Waals surface area contributed by atoms with Crippen LogP contribution in [0.1, 0.15) is 51.5 Å². The summed E-state index contributed by atoms with van der Waals surface area (Å²) in [5.74, 6) is 0. The van der Waals surface area contributed by atoms with Crippen LogP contribution in [-0.2, 0) is 6.42 Å². The highest BCUT2D eigenvalue weighted by Gasteiger charge is 2.40. The summed E-state index contributed by atoms with van der Waals surface area (Å²) < 4.78 is 0. The van der Waals surface area contributed by atoms with Gasteiger partial charge < -0.3 is 10.2 Å². The van der Waals surface area contributed by atoms with E-state index in [0.717, 1.165) is 13.0 Å². The number of hydrogen-bond acceptors (Lipinski definition) is 2. The van der Waals surface area contributed by atoms with Crippen LogP contribution in [0.25, 0.3) is 0 Å². The maximum atomic E-state index is 3.88. The topological polar surface area (TPSA) is 15.3 Å². The summed E-state index contributed by atoms with van der Waals surface area (Å²) in [6.07, 6.45) is 7.85. The van der Waals surface area contributed by atoms with Crippen molar-refractivity contribution in [2.45, 2.75) is 64.0 Å². The lowest BCUT2D eigenvalue weighted by molar-refractivity contribution is 0.267. The first kappa shape index (κ1) is 13.9. The Balaban J connectivity index is 1.82. The van der Waals surface area contributed by atoms with Gasteiger partial charge in [-0.25, -0.2) is 0 Å². The highest BCUT2D eigenvalue weighted by atomic mass is 15.3. The molecule has 1 N–H and O–H groups in total. The van der Waals surface area contributed by atoms with Crippen molar-refractivity contribution >= 4 is 5.69 Å². The van der Waals surface area contributed by atoms with E-state index in [9.17, 15) is 0 Å². The van der Waals surface area contributed by atoms with Gasteiger partial charge in [0.05, 0.1) is 0 Å². The number of aryl methyl sites for hydroxylation is 1. The van der Waals surface area contributed by atoms with Crippen LogP contribution < -0.4 is 10.2 Å². The zero-order valence-electron chi connectivity index (χ0n) is 13.0. The molecule has 1 aliphatic carbocycles. The van der Waals surface area contributed by atoms with Gasteiger partial charge in [0.1, 0.15) is 0 Å². The summed E-state index contributed by atoms with van der Waals surface area (Å²) in [6.45, 7) is 6.87. The van der Waals surface area contributed by atoms with E-state index in [1.54, 1.807) is 0 Å². The van der Waals surface area contributed by atoms with Gasteiger partial charge in [-0.15, -0.1) is 0 Å². The smallest absolute Gasteiger partial charge is 0.0412 e. The predicted octanol–water partition coefficient (Wildman–Crippen LogP) is 3.75. The third-order valence-corrected chi connectivity index (χ3v) is 5.33. The summed E-state index contributed by atoms with van der Waals surface area (Å²) in [6, 6.07) is 9.90. The third-order valence-electron chi connectivity index (χ3n) is 5.33. The molecule has 1 aromatic rings. The number of rotatable bonds is 3. The summed E-state index contributed by atoms with van der Waals surface area (Å²) in [5, 5.41) is 3.88. The molecule has 3 rings (SSSR count). The van der Waals surface area contributed by atoms with Gasteiger partial charge in [-0.1, -0.05) is 38.8 Å². The maximum absolute atomic E-state index is 3.88. The van der Waals surface area contributed by atoms with Crippen molar-refractivity contribution in [2.24, 2.45) is 0 Å². The van der Waals surface area contributed by atoms with E-state index in [2.05, 4.69) is 48.3 Å². The van der Waals surface area contributed by atoms with Crippen molar-refractivity contribution < 1.29 is 0 Å². The monoisotopic (exact) mass is 272 g/mol. The molecule has 1 atom stereocenters. The Morgan fingerprint density at radius 1 is 1.15 bits per heavy atom. The number of nitrogens with one attached hydrogen (secondary N) is 1. The zero-order chi connectivity index (χ0) is 14.0. The summed E-state index contributed by atoms with van der Waals surface area (Å²) in [4.78, 5) is 2.67. The van der Waals surface area contributed by atoms with E-state index in [1.165, 1.54) is 49.9 Å². The second-order valence-corrected chi connectivity index (χ2v) is 6.58. The first-order chi connectivity index (χ1) is 9.76. The highest BCUT2D eigenvalue weighted by Crippen LogP contribution is 2.35. The lowest BCUT2D eigenvalue weighted by atomic mass is 9.91. The Morgan fingerprint density at radius 2 is 1.85 bits per heavy atom. The van der Waals surface area contributed by atoms with Gasteiger partial charge in [-0.2, -0.15) is 0 Å². The van der Waals surface area contributed by atoms with Gasteiger partial charge in [0.15, 0.2) is 0 Å². The normalized spacial score (nSPS) is 25.3. The van der Waals surface area contributed by atoms with Crippen LogP contribution in [-0.4, -0.2) is 24.7 Å². The fraction of sp³-hybridized carbons (Fsp3) is 0.667. The fourth-order valence-electron chi connectivity index (χ4n) is 3.93. The quantitative estimate of drug-likeness (QED) is 0.901. The van der Waals surface area contributed by atoms with Crippen LogP contribution in [0.4, 0.5) is 5.69 Å². The molecule has 1 spiro atoms. The predicted molar refractivity (Wildman–Crippen MR) is 86.4 cm³/mol. The second kappa shape index (κ2) is 5.77. The molecule has 0 radical (unpaired) electrons. The minimum absolute atomic E-state index is 0.398. The SMILES string of the molecule is CCc1ccc(N2CC3(CCCC3)NCC2CC)cc1. The van der Waals surface area contributed by atoms with Gasteiger partial charge >= 0.3 is 0 Å². The van der Waals surface area contributed by atoms with E-state index in [4.69, 9.17) is 0 Å². The molecule has 20 heavy (non-hydrogen) atoms. The number of hydrogen-bond donors (Lipinski definition) is 1. The van der Waals surface area contributed by atoms with E-state index in [-0.39, 0.29) is 0 Å². The van der Waals surface area contributed by atoms with Crippen molar-refractivity contribution in [3.8, 4) is 0 Å². The lowest BCUT2D eigenvalue weighted by Gasteiger charge is -2.47. The molecule has 1 saturated heterocycles. The van der Waals surface area contributed by atoms with Crippen LogP contribution in [0, 0.1) is 0 Å². The fourth-order valence-corrected chi connectivity index (χ4v) is 3.93. The Kier molecular flexibility index (Phi) is 4.02. The minimum atomic E-state index is 0.398. The molecule has 1 unspecified atom stereocenters. The van der Waals surface area contributed by atoms with Crippen LogP contribution >= 0.6 is 0 Å². The zero-order valence-corrected chi connectivity index (χ0v) is 13.0. The Labute approximate surface area is 123 Å². The molecule has 2 aliphatic rings. The minimum Gasteiger partial charge on any atom is -0.365 e. The first-order valence-electron chi connectivity index (χ1n) is 8.37. The number of benzene rings is 1. The van der Waals surface area contributed by atoms with Crippen LogP contribution in [0.3, 0.4) is 0 Å². The van der Waals surface area contributed by atoms with Gasteiger partial charge in [0, 0.05) is 30.4 Å². The highest BCUT2D eigenvalue weighted by molar-refractivity contribution is 5.50. The molecule has 1 aromatic carbocycles. The molecule has 1 saturated carbocycles. The van der Waals surface area contributed by atoms with Gasteiger partial charge in [0.25, 0.3) is 0 Å². The molecule has 1 aliphatic heterocycles. The standard InChI is InChI=1S/C18H28N2/c1-3-15-7-9-17(10-8-15)20-14-18(11-5-6-12-18)19-13-16(20)4-2/h7-10,16,19H,3-6,11-14H2,1-2H3. The van der Waals surface area contributed by atoms with Crippen molar-refractivity contribution in [1.82, 2.24) is 5.32 Å². The summed E-state index contributed by atoms with van der Waals surface area (Å²) in [7, 11) is 0. The van der Waals surface area contributed by atoms with Gasteiger partial charge in [-0.05, 0) is 43.4 Å². The van der Waals surface area contributed by atoms with E-state index < -0.39 is 0 Å². The van der Waals surface area contributed by atoms with E-state index >= 15 is 0 Å². The number of anilines is 1. The molecule has 0 bridgehead atoms.